The van der Waals surface area contributed by atoms with Crippen molar-refractivity contribution in [1.82, 2.24) is 0 Å². The van der Waals surface area contributed by atoms with E-state index in [0.717, 1.165) is 62.5 Å². The van der Waals surface area contributed by atoms with Crippen LogP contribution in [0.25, 0.3) is 0 Å². The first kappa shape index (κ1) is 16.5. The molecule has 0 spiro atoms. The van der Waals surface area contributed by atoms with Crippen LogP contribution in [-0.4, -0.2) is 16.2 Å². The number of rotatable bonds is 9. The van der Waals surface area contributed by atoms with Crippen LogP contribution in [0.4, 0.5) is 0 Å². The zero-order valence-corrected chi connectivity index (χ0v) is 12.6. The smallest absolute Gasteiger partial charge is 0.339 e. The van der Waals surface area contributed by atoms with Gasteiger partial charge in [0.15, 0.2) is 0 Å². The Morgan fingerprint density at radius 2 is 1.60 bits per heavy atom. The minimum Gasteiger partial charge on any atom is -0.507 e. The molecule has 3 nitrogen and oxygen atoms in total. The number of benzene rings is 1. The van der Waals surface area contributed by atoms with E-state index in [1.54, 1.807) is 6.07 Å². The summed E-state index contributed by atoms with van der Waals surface area (Å²) in [6, 6.07) is 3.60. The first-order valence-electron chi connectivity index (χ1n) is 7.68. The molecule has 0 aliphatic carbocycles. The highest BCUT2D eigenvalue weighted by Crippen LogP contribution is 2.27. The minimum absolute atomic E-state index is 0.0468. The van der Waals surface area contributed by atoms with Crippen molar-refractivity contribution in [1.29, 1.82) is 0 Å². The zero-order chi connectivity index (χ0) is 15.0. The Balaban J connectivity index is 2.92. The molecule has 0 unspecified atom stereocenters. The van der Waals surface area contributed by atoms with Crippen LogP contribution < -0.4 is 0 Å². The van der Waals surface area contributed by atoms with Crippen molar-refractivity contribution in [3.8, 4) is 5.75 Å². The molecule has 112 valence electrons. The van der Waals surface area contributed by atoms with Crippen LogP contribution in [0.3, 0.4) is 0 Å². The Morgan fingerprint density at radius 3 is 2.15 bits per heavy atom. The van der Waals surface area contributed by atoms with Crippen molar-refractivity contribution in [2.24, 2.45) is 0 Å². The highest BCUT2D eigenvalue weighted by atomic mass is 16.4. The molecule has 3 heteroatoms. The standard InChI is InChI=1S/C17H26O3/c1-3-5-7-9-13-11-14(10-8-6-4-2)16(18)15(12-13)17(19)20/h11-12,18H,3-10H2,1-2H3,(H,19,20). The van der Waals surface area contributed by atoms with Gasteiger partial charge >= 0.3 is 5.97 Å². The molecule has 2 N–H and O–H groups in total. The van der Waals surface area contributed by atoms with Gasteiger partial charge in [-0.15, -0.1) is 0 Å². The summed E-state index contributed by atoms with van der Waals surface area (Å²) in [5, 5.41) is 19.3. The van der Waals surface area contributed by atoms with Gasteiger partial charge in [-0.25, -0.2) is 4.79 Å². The fourth-order valence-electron chi connectivity index (χ4n) is 2.40. The van der Waals surface area contributed by atoms with E-state index >= 15 is 0 Å². The summed E-state index contributed by atoms with van der Waals surface area (Å²) in [5.74, 6) is -1.09. The van der Waals surface area contributed by atoms with Crippen molar-refractivity contribution in [3.63, 3.8) is 0 Å². The van der Waals surface area contributed by atoms with Gasteiger partial charge in [0, 0.05) is 0 Å². The minimum atomic E-state index is -1.04. The number of carboxylic acids is 1. The lowest BCUT2D eigenvalue weighted by Gasteiger charge is -2.11. The largest absolute Gasteiger partial charge is 0.507 e. The second kappa shape index (κ2) is 8.62. The van der Waals surface area contributed by atoms with Crippen molar-refractivity contribution in [3.05, 3.63) is 28.8 Å². The summed E-state index contributed by atoms with van der Waals surface area (Å²) in [4.78, 5) is 11.2. The van der Waals surface area contributed by atoms with Crippen molar-refractivity contribution < 1.29 is 15.0 Å². The highest BCUT2D eigenvalue weighted by Gasteiger charge is 2.15. The second-order valence-electron chi connectivity index (χ2n) is 5.37. The molecule has 0 amide bonds. The Hall–Kier alpha value is -1.51. The van der Waals surface area contributed by atoms with E-state index in [1.165, 1.54) is 0 Å². The molecule has 0 radical (unpaired) electrons. The maximum atomic E-state index is 11.2. The molecule has 1 rings (SSSR count). The van der Waals surface area contributed by atoms with E-state index in [-0.39, 0.29) is 11.3 Å². The lowest BCUT2D eigenvalue weighted by molar-refractivity contribution is 0.0693. The van der Waals surface area contributed by atoms with Gasteiger partial charge in [-0.3, -0.25) is 0 Å². The Kier molecular flexibility index (Phi) is 7.13. The quantitative estimate of drug-likeness (QED) is 0.651. The topological polar surface area (TPSA) is 57.5 Å². The van der Waals surface area contributed by atoms with Gasteiger partial charge in [0.25, 0.3) is 0 Å². The van der Waals surface area contributed by atoms with Gasteiger partial charge in [0.2, 0.25) is 0 Å². The molecule has 0 aliphatic heterocycles. The van der Waals surface area contributed by atoms with Crippen LogP contribution in [0.5, 0.6) is 5.75 Å². The van der Waals surface area contributed by atoms with Crippen molar-refractivity contribution in [2.75, 3.05) is 0 Å². The molecular weight excluding hydrogens is 252 g/mol. The molecule has 1 aromatic rings. The first-order valence-corrected chi connectivity index (χ1v) is 7.68. The van der Waals surface area contributed by atoms with E-state index in [9.17, 15) is 15.0 Å². The van der Waals surface area contributed by atoms with Crippen LogP contribution in [0.2, 0.25) is 0 Å². The number of aromatic carboxylic acids is 1. The van der Waals surface area contributed by atoms with E-state index in [0.29, 0.717) is 0 Å². The SMILES string of the molecule is CCCCCc1cc(CCCCC)c(O)c(C(=O)O)c1. The molecule has 0 aliphatic rings. The van der Waals surface area contributed by atoms with Gasteiger partial charge in [-0.05, 0) is 42.9 Å². The molecule has 0 bridgehead atoms. The van der Waals surface area contributed by atoms with Crippen molar-refractivity contribution in [2.45, 2.75) is 65.2 Å². The normalized spacial score (nSPS) is 10.7. The molecular formula is C17H26O3. The third-order valence-corrected chi connectivity index (χ3v) is 3.60. The maximum absolute atomic E-state index is 11.2. The van der Waals surface area contributed by atoms with E-state index in [1.807, 2.05) is 6.07 Å². The number of phenols is 1. The number of unbranched alkanes of at least 4 members (excludes halogenated alkanes) is 4. The lowest BCUT2D eigenvalue weighted by atomic mass is 9.97. The molecule has 0 atom stereocenters. The second-order valence-corrected chi connectivity index (χ2v) is 5.37. The fraction of sp³-hybridized carbons (Fsp3) is 0.588. The van der Waals surface area contributed by atoms with E-state index in [4.69, 9.17) is 0 Å². The third kappa shape index (κ3) is 4.87. The first-order chi connectivity index (χ1) is 9.60. The van der Waals surface area contributed by atoms with Gasteiger partial charge < -0.3 is 10.2 Å². The summed E-state index contributed by atoms with van der Waals surface area (Å²) in [5.41, 5.74) is 1.86. The average Bonchev–Trinajstić information content (AvgIpc) is 2.42. The molecule has 0 fully saturated rings. The summed E-state index contributed by atoms with van der Waals surface area (Å²) in [6.07, 6.45) is 8.19. The summed E-state index contributed by atoms with van der Waals surface area (Å²) in [7, 11) is 0. The fourth-order valence-corrected chi connectivity index (χ4v) is 2.40. The number of carboxylic acid groups (broad SMARTS) is 1. The highest BCUT2D eigenvalue weighted by molar-refractivity contribution is 5.91. The molecule has 0 aromatic heterocycles. The Morgan fingerprint density at radius 1 is 1.00 bits per heavy atom. The number of hydrogen-bond donors (Lipinski definition) is 2. The zero-order valence-electron chi connectivity index (χ0n) is 12.6. The number of aryl methyl sites for hydroxylation is 2. The Bertz CT molecular complexity index is 438. The van der Waals surface area contributed by atoms with Gasteiger partial charge in [-0.1, -0.05) is 45.6 Å². The van der Waals surface area contributed by atoms with E-state index < -0.39 is 5.97 Å². The third-order valence-electron chi connectivity index (χ3n) is 3.60. The Labute approximate surface area is 121 Å². The summed E-state index contributed by atoms with van der Waals surface area (Å²) < 4.78 is 0. The molecule has 1 aromatic carbocycles. The van der Waals surface area contributed by atoms with E-state index in [2.05, 4.69) is 13.8 Å². The van der Waals surface area contributed by atoms with Crippen LogP contribution in [0.15, 0.2) is 12.1 Å². The van der Waals surface area contributed by atoms with Gasteiger partial charge in [0.1, 0.15) is 11.3 Å². The van der Waals surface area contributed by atoms with Crippen molar-refractivity contribution >= 4 is 5.97 Å². The number of aromatic hydroxyl groups is 1. The van der Waals surface area contributed by atoms with Crippen LogP contribution in [0, 0.1) is 0 Å². The summed E-state index contributed by atoms with van der Waals surface area (Å²) >= 11 is 0. The van der Waals surface area contributed by atoms with Crippen LogP contribution in [0.1, 0.15) is 73.9 Å². The van der Waals surface area contributed by atoms with Gasteiger partial charge in [0.05, 0.1) is 0 Å². The maximum Gasteiger partial charge on any atom is 0.339 e. The summed E-state index contributed by atoms with van der Waals surface area (Å²) in [6.45, 7) is 4.28. The molecule has 0 saturated heterocycles. The molecule has 0 heterocycles. The monoisotopic (exact) mass is 278 g/mol. The lowest BCUT2D eigenvalue weighted by Crippen LogP contribution is -2.02. The van der Waals surface area contributed by atoms with Crippen LogP contribution >= 0.6 is 0 Å². The molecule has 0 saturated carbocycles. The average molecular weight is 278 g/mol. The predicted octanol–water partition coefficient (Wildman–Crippen LogP) is 4.56. The molecule has 20 heavy (non-hydrogen) atoms. The van der Waals surface area contributed by atoms with Gasteiger partial charge in [-0.2, -0.15) is 0 Å². The predicted molar refractivity (Wildman–Crippen MR) is 81.5 cm³/mol. The number of carbonyl (C=O) groups is 1. The number of hydrogen-bond acceptors (Lipinski definition) is 2. The van der Waals surface area contributed by atoms with Crippen LogP contribution in [-0.2, 0) is 12.8 Å².